The first-order valence-corrected chi connectivity index (χ1v) is 14.8. The highest BCUT2D eigenvalue weighted by Gasteiger charge is 2.34. The topological polar surface area (TPSA) is 78.3 Å². The third kappa shape index (κ3) is 5.92. The number of fused-ring (bicyclic) bond motifs is 1. The van der Waals surface area contributed by atoms with E-state index >= 15 is 0 Å². The number of ketones is 1. The number of carbonyl (C=O) groups is 1. The average molecular weight is 640 g/mol. The number of hydrogen-bond acceptors (Lipinski definition) is 7. The molecule has 5 rings (SSSR count). The standard InChI is InChI=1S/C30H28BrClN4O3S/c1-17-8-7-9-20(12-17)15-39-28-23(31)13-22(14-25(28)38-4)27-26(19(3)37)18(2)33-29-34-30(35-36(27)29)40-16-21-10-5-6-11-24(21)32/h5-14,27H,15-16H2,1-4H3,(H,33,34,35). The third-order valence-corrected chi connectivity index (χ3v) is 8.40. The SMILES string of the molecule is COc1cc(C2C(C(C)=O)=C(C)Nc3nc(SCc4ccccc4Cl)nn32)cc(Br)c1OCc1cccc(C)c1. The molecule has 0 bridgehead atoms. The van der Waals surface area contributed by atoms with E-state index in [9.17, 15) is 4.79 Å². The molecule has 1 atom stereocenters. The second kappa shape index (κ2) is 12.1. The quantitative estimate of drug-likeness (QED) is 0.188. The number of aromatic nitrogens is 3. The Labute approximate surface area is 251 Å². The van der Waals surface area contributed by atoms with Gasteiger partial charge >= 0.3 is 0 Å². The molecule has 1 aliphatic heterocycles. The molecule has 0 spiro atoms. The van der Waals surface area contributed by atoms with Gasteiger partial charge in [0.1, 0.15) is 12.6 Å². The molecule has 0 saturated carbocycles. The Bertz CT molecular complexity index is 1620. The van der Waals surface area contributed by atoms with Crippen LogP contribution in [0, 0.1) is 6.92 Å². The molecule has 0 radical (unpaired) electrons. The monoisotopic (exact) mass is 638 g/mol. The maximum atomic E-state index is 12.9. The first-order valence-electron chi connectivity index (χ1n) is 12.6. The Hall–Kier alpha value is -3.27. The van der Waals surface area contributed by atoms with E-state index in [0.29, 0.717) is 50.0 Å². The number of aryl methyl sites for hydroxylation is 1. The molecule has 0 amide bonds. The zero-order valence-corrected chi connectivity index (χ0v) is 25.7. The van der Waals surface area contributed by atoms with Crippen LogP contribution in [-0.4, -0.2) is 27.7 Å². The maximum Gasteiger partial charge on any atom is 0.227 e. The molecule has 1 aromatic heterocycles. The molecule has 10 heteroatoms. The van der Waals surface area contributed by atoms with E-state index in [4.69, 9.17) is 31.2 Å². The second-order valence-corrected chi connectivity index (χ2v) is 11.7. The van der Waals surface area contributed by atoms with Gasteiger partial charge in [-0.1, -0.05) is 71.4 Å². The lowest BCUT2D eigenvalue weighted by Gasteiger charge is -2.28. The Kier molecular flexibility index (Phi) is 8.54. The molecule has 3 aromatic carbocycles. The van der Waals surface area contributed by atoms with Crippen LogP contribution >= 0.6 is 39.3 Å². The molecular formula is C30H28BrClN4O3S. The van der Waals surface area contributed by atoms with E-state index in [-0.39, 0.29) is 5.78 Å². The molecule has 1 unspecified atom stereocenters. The number of hydrogen-bond donors (Lipinski definition) is 1. The van der Waals surface area contributed by atoms with Crippen LogP contribution in [0.1, 0.15) is 42.1 Å². The normalized spacial score (nSPS) is 14.5. The maximum absolute atomic E-state index is 12.9. The van der Waals surface area contributed by atoms with Crippen molar-refractivity contribution < 1.29 is 14.3 Å². The van der Waals surface area contributed by atoms with Gasteiger partial charge in [0.2, 0.25) is 11.1 Å². The van der Waals surface area contributed by atoms with Crippen molar-refractivity contribution in [2.75, 3.05) is 12.4 Å². The molecule has 0 aliphatic carbocycles. The molecule has 1 N–H and O–H groups in total. The molecule has 2 heterocycles. The summed E-state index contributed by atoms with van der Waals surface area (Å²) in [6.45, 7) is 5.88. The van der Waals surface area contributed by atoms with Crippen molar-refractivity contribution in [2.24, 2.45) is 0 Å². The van der Waals surface area contributed by atoms with Gasteiger partial charge in [-0.15, -0.1) is 5.10 Å². The van der Waals surface area contributed by atoms with Gasteiger partial charge in [-0.25, -0.2) is 4.68 Å². The van der Waals surface area contributed by atoms with Gasteiger partial charge < -0.3 is 14.8 Å². The predicted octanol–water partition coefficient (Wildman–Crippen LogP) is 7.76. The highest BCUT2D eigenvalue weighted by molar-refractivity contribution is 9.10. The molecule has 206 valence electrons. The molecule has 1 aliphatic rings. The van der Waals surface area contributed by atoms with Crippen LogP contribution < -0.4 is 14.8 Å². The van der Waals surface area contributed by atoms with Gasteiger partial charge in [0.15, 0.2) is 17.3 Å². The van der Waals surface area contributed by atoms with Gasteiger partial charge in [-0.05, 0) is 71.6 Å². The fourth-order valence-electron chi connectivity index (χ4n) is 4.71. The van der Waals surface area contributed by atoms with Crippen LogP contribution in [0.15, 0.2) is 81.6 Å². The molecule has 0 fully saturated rings. The Morgan fingerprint density at radius 1 is 1.15 bits per heavy atom. The number of nitrogens with one attached hydrogen (secondary N) is 1. The van der Waals surface area contributed by atoms with Crippen molar-refractivity contribution in [2.45, 2.75) is 44.3 Å². The van der Waals surface area contributed by atoms with Crippen LogP contribution in [0.3, 0.4) is 0 Å². The summed E-state index contributed by atoms with van der Waals surface area (Å²) in [4.78, 5) is 17.6. The molecule has 4 aromatic rings. The number of rotatable bonds is 9. The van der Waals surface area contributed by atoms with E-state index in [0.717, 1.165) is 22.4 Å². The number of anilines is 1. The number of nitrogens with zero attached hydrogens (tertiary/aromatic N) is 3. The van der Waals surface area contributed by atoms with Crippen molar-refractivity contribution in [3.8, 4) is 11.5 Å². The zero-order valence-electron chi connectivity index (χ0n) is 22.5. The third-order valence-electron chi connectivity index (χ3n) is 6.56. The summed E-state index contributed by atoms with van der Waals surface area (Å²) in [6, 6.07) is 19.2. The molecule has 40 heavy (non-hydrogen) atoms. The lowest BCUT2D eigenvalue weighted by molar-refractivity contribution is -0.114. The minimum atomic E-state index is -0.507. The van der Waals surface area contributed by atoms with E-state index in [1.165, 1.54) is 17.3 Å². The summed E-state index contributed by atoms with van der Waals surface area (Å²) >= 11 is 11.5. The van der Waals surface area contributed by atoms with Gasteiger partial charge in [-0.2, -0.15) is 4.98 Å². The molecule has 0 saturated heterocycles. The minimum absolute atomic E-state index is 0.0590. The average Bonchev–Trinajstić information content (AvgIpc) is 3.33. The van der Waals surface area contributed by atoms with Crippen LogP contribution in [0.2, 0.25) is 5.02 Å². The number of benzene rings is 3. The Morgan fingerprint density at radius 2 is 1.95 bits per heavy atom. The highest BCUT2D eigenvalue weighted by atomic mass is 79.9. The number of halogens is 2. The summed E-state index contributed by atoms with van der Waals surface area (Å²) < 4.78 is 14.4. The van der Waals surface area contributed by atoms with E-state index in [2.05, 4.69) is 40.3 Å². The number of carbonyl (C=O) groups excluding carboxylic acids is 1. The van der Waals surface area contributed by atoms with Crippen molar-refractivity contribution in [3.63, 3.8) is 0 Å². The first-order chi connectivity index (χ1) is 19.2. The van der Waals surface area contributed by atoms with Crippen LogP contribution in [0.25, 0.3) is 0 Å². The van der Waals surface area contributed by atoms with Gasteiger partial charge in [0.25, 0.3) is 0 Å². The minimum Gasteiger partial charge on any atom is -0.493 e. The van der Waals surface area contributed by atoms with Crippen molar-refractivity contribution in [3.05, 3.63) is 104 Å². The van der Waals surface area contributed by atoms with Crippen LogP contribution in [-0.2, 0) is 17.2 Å². The summed E-state index contributed by atoms with van der Waals surface area (Å²) in [5.74, 6) is 2.25. The zero-order chi connectivity index (χ0) is 28.4. The van der Waals surface area contributed by atoms with Gasteiger partial charge in [0, 0.05) is 22.0 Å². The summed E-state index contributed by atoms with van der Waals surface area (Å²) in [5.41, 5.74) is 5.37. The second-order valence-electron chi connectivity index (χ2n) is 9.48. The summed E-state index contributed by atoms with van der Waals surface area (Å²) in [5, 5.41) is 9.34. The van der Waals surface area contributed by atoms with E-state index < -0.39 is 6.04 Å². The Morgan fingerprint density at radius 3 is 2.67 bits per heavy atom. The van der Waals surface area contributed by atoms with Gasteiger partial charge in [0.05, 0.1) is 11.6 Å². The molecular weight excluding hydrogens is 612 g/mol. The fraction of sp³-hybridized carbons (Fsp3) is 0.233. The van der Waals surface area contributed by atoms with Crippen LogP contribution in [0.4, 0.5) is 5.95 Å². The predicted molar refractivity (Wildman–Crippen MR) is 162 cm³/mol. The lowest BCUT2D eigenvalue weighted by Crippen LogP contribution is -2.28. The van der Waals surface area contributed by atoms with E-state index in [1.807, 2.05) is 55.5 Å². The number of ether oxygens (including phenoxy) is 2. The number of methoxy groups -OCH3 is 1. The smallest absolute Gasteiger partial charge is 0.227 e. The number of allylic oxidation sites excluding steroid dienone is 2. The van der Waals surface area contributed by atoms with Crippen LogP contribution in [0.5, 0.6) is 11.5 Å². The summed E-state index contributed by atoms with van der Waals surface area (Å²) in [6.07, 6.45) is 0. The number of Topliss-reactive ketones (excluding diaryl/α,β-unsaturated/α-hetero) is 1. The van der Waals surface area contributed by atoms with E-state index in [1.54, 1.807) is 18.7 Å². The first kappa shape index (κ1) is 28.3. The van der Waals surface area contributed by atoms with Crippen molar-refractivity contribution >= 4 is 51.0 Å². The summed E-state index contributed by atoms with van der Waals surface area (Å²) in [7, 11) is 1.60. The Balaban J connectivity index is 1.49. The highest BCUT2D eigenvalue weighted by Crippen LogP contribution is 2.43. The largest absolute Gasteiger partial charge is 0.493 e. The lowest BCUT2D eigenvalue weighted by atomic mass is 9.93. The number of thioether (sulfide) groups is 1. The van der Waals surface area contributed by atoms with Gasteiger partial charge in [-0.3, -0.25) is 4.79 Å². The van der Waals surface area contributed by atoms with Crippen molar-refractivity contribution in [1.82, 2.24) is 14.8 Å². The molecule has 7 nitrogen and oxygen atoms in total. The van der Waals surface area contributed by atoms with Crippen molar-refractivity contribution in [1.29, 1.82) is 0 Å². The fourth-order valence-corrected chi connectivity index (χ4v) is 6.40.